The molecule has 0 saturated carbocycles. The zero-order valence-electron chi connectivity index (χ0n) is 9.16. The predicted octanol–water partition coefficient (Wildman–Crippen LogP) is 5.36. The smallest absolute Gasteiger partial charge is 0.258 e. The Hall–Kier alpha value is -1.36. The third kappa shape index (κ3) is 2.81. The monoisotopic (exact) mass is 319 g/mol. The molecule has 0 aliphatic heterocycles. The second-order valence-corrected chi connectivity index (χ2v) is 4.87. The molecule has 0 unspecified atom stereocenters. The van der Waals surface area contributed by atoms with Crippen molar-refractivity contribution in [2.75, 3.05) is 0 Å². The summed E-state index contributed by atoms with van der Waals surface area (Å²) in [5.41, 5.74) is 0.329. The normalized spacial score (nSPS) is 10.5. The number of hydrogen-bond donors (Lipinski definition) is 0. The molecule has 2 aromatic rings. The molecule has 0 aliphatic carbocycles. The second-order valence-electron chi connectivity index (χ2n) is 3.68. The number of nitro benzene ring substituents is 1. The minimum Gasteiger partial charge on any atom is -0.258 e. The molecule has 0 radical (unpaired) electrons. The van der Waals surface area contributed by atoms with E-state index in [1.165, 1.54) is 18.2 Å². The molecule has 0 N–H and O–H groups in total. The van der Waals surface area contributed by atoms with Crippen molar-refractivity contribution in [1.29, 1.82) is 0 Å². The Kier molecular flexibility index (Phi) is 3.94. The summed E-state index contributed by atoms with van der Waals surface area (Å²) in [5, 5.41) is 11.3. The van der Waals surface area contributed by atoms with Gasteiger partial charge in [-0.2, -0.15) is 4.39 Å². The van der Waals surface area contributed by atoms with E-state index < -0.39 is 16.4 Å². The van der Waals surface area contributed by atoms with Crippen LogP contribution in [0.25, 0.3) is 11.1 Å². The molecule has 19 heavy (non-hydrogen) atoms. The molecule has 2 rings (SSSR count). The highest BCUT2D eigenvalue weighted by atomic mass is 35.5. The molecule has 0 saturated heterocycles. The maximum atomic E-state index is 13.2. The Morgan fingerprint density at radius 2 is 1.58 bits per heavy atom. The van der Waals surface area contributed by atoms with Crippen LogP contribution in [-0.2, 0) is 0 Å². The van der Waals surface area contributed by atoms with Crippen molar-refractivity contribution in [3.8, 4) is 11.1 Å². The first-order valence-corrected chi connectivity index (χ1v) is 6.12. The molecule has 2 aromatic carbocycles. The molecule has 0 aliphatic rings. The second kappa shape index (κ2) is 5.33. The Labute approximate surface area is 122 Å². The first-order chi connectivity index (χ1) is 8.90. The molecular formula is C12H5Cl3FNO2. The Balaban J connectivity index is 2.60. The van der Waals surface area contributed by atoms with E-state index in [-0.39, 0.29) is 15.1 Å². The van der Waals surface area contributed by atoms with Crippen LogP contribution >= 0.6 is 34.8 Å². The predicted molar refractivity (Wildman–Crippen MR) is 73.5 cm³/mol. The summed E-state index contributed by atoms with van der Waals surface area (Å²) in [5.74, 6) is -0.903. The molecule has 0 aromatic heterocycles. The lowest BCUT2D eigenvalue weighted by atomic mass is 10.0. The SMILES string of the molecule is O=[N+]([O-])c1cc(-c2cc(Cl)c(Cl)c(Cl)c2)ccc1F. The lowest BCUT2D eigenvalue weighted by Gasteiger charge is -2.06. The van der Waals surface area contributed by atoms with Crippen LogP contribution in [0.2, 0.25) is 15.1 Å². The fourth-order valence-electron chi connectivity index (χ4n) is 1.55. The van der Waals surface area contributed by atoms with Gasteiger partial charge < -0.3 is 0 Å². The van der Waals surface area contributed by atoms with Gasteiger partial charge in [0.15, 0.2) is 0 Å². The molecule has 0 amide bonds. The largest absolute Gasteiger partial charge is 0.305 e. The molecule has 0 bridgehead atoms. The van der Waals surface area contributed by atoms with Crippen LogP contribution in [0.3, 0.4) is 0 Å². The van der Waals surface area contributed by atoms with E-state index in [4.69, 9.17) is 34.8 Å². The van der Waals surface area contributed by atoms with Crippen LogP contribution in [0.15, 0.2) is 30.3 Å². The highest BCUT2D eigenvalue weighted by molar-refractivity contribution is 6.48. The summed E-state index contributed by atoms with van der Waals surface area (Å²) in [4.78, 5) is 9.89. The van der Waals surface area contributed by atoms with E-state index >= 15 is 0 Å². The highest BCUT2D eigenvalue weighted by Gasteiger charge is 2.16. The molecule has 98 valence electrons. The van der Waals surface area contributed by atoms with Gasteiger partial charge in [-0.1, -0.05) is 40.9 Å². The lowest BCUT2D eigenvalue weighted by molar-refractivity contribution is -0.387. The van der Waals surface area contributed by atoms with Crippen LogP contribution in [0.4, 0.5) is 10.1 Å². The van der Waals surface area contributed by atoms with Crippen molar-refractivity contribution >= 4 is 40.5 Å². The van der Waals surface area contributed by atoms with E-state index in [0.29, 0.717) is 11.1 Å². The third-order valence-corrected chi connectivity index (χ3v) is 3.66. The van der Waals surface area contributed by atoms with Crippen LogP contribution < -0.4 is 0 Å². The molecule has 0 fully saturated rings. The van der Waals surface area contributed by atoms with Gasteiger partial charge in [-0.3, -0.25) is 10.1 Å². The summed E-state index contributed by atoms with van der Waals surface area (Å²) in [6.45, 7) is 0. The van der Waals surface area contributed by atoms with Crippen LogP contribution in [0.1, 0.15) is 0 Å². The summed E-state index contributed by atoms with van der Waals surface area (Å²) >= 11 is 17.6. The molecule has 0 heterocycles. The lowest BCUT2D eigenvalue weighted by Crippen LogP contribution is -1.93. The van der Waals surface area contributed by atoms with Gasteiger partial charge in [0.05, 0.1) is 20.0 Å². The van der Waals surface area contributed by atoms with E-state index in [9.17, 15) is 14.5 Å². The first kappa shape index (κ1) is 14.1. The standard InChI is InChI=1S/C12H5Cl3FNO2/c13-8-3-7(4-9(14)12(8)15)6-1-2-10(16)11(5-6)17(18)19/h1-5H. The topological polar surface area (TPSA) is 43.1 Å². The summed E-state index contributed by atoms with van der Waals surface area (Å²) in [6, 6.07) is 6.55. The maximum absolute atomic E-state index is 13.2. The van der Waals surface area contributed by atoms with Gasteiger partial charge in [0.25, 0.3) is 0 Å². The van der Waals surface area contributed by atoms with Crippen molar-refractivity contribution in [3.63, 3.8) is 0 Å². The van der Waals surface area contributed by atoms with E-state index in [1.807, 2.05) is 0 Å². The quantitative estimate of drug-likeness (QED) is 0.424. The number of rotatable bonds is 2. The van der Waals surface area contributed by atoms with Crippen LogP contribution in [-0.4, -0.2) is 4.92 Å². The Bertz CT molecular complexity index is 653. The summed E-state index contributed by atoms with van der Waals surface area (Å²) < 4.78 is 13.2. The van der Waals surface area contributed by atoms with Crippen molar-refractivity contribution in [2.45, 2.75) is 0 Å². The van der Waals surface area contributed by atoms with Crippen LogP contribution in [0.5, 0.6) is 0 Å². The van der Waals surface area contributed by atoms with Gasteiger partial charge in [0.1, 0.15) is 0 Å². The van der Waals surface area contributed by atoms with Gasteiger partial charge in [0.2, 0.25) is 5.82 Å². The number of nitro groups is 1. The molecule has 0 atom stereocenters. The van der Waals surface area contributed by atoms with Gasteiger partial charge in [-0.25, -0.2) is 0 Å². The zero-order chi connectivity index (χ0) is 14.2. The van der Waals surface area contributed by atoms with E-state index in [1.54, 1.807) is 0 Å². The van der Waals surface area contributed by atoms with Gasteiger partial charge in [0, 0.05) is 6.07 Å². The molecule has 7 heteroatoms. The fraction of sp³-hybridized carbons (Fsp3) is 0. The molecule has 0 spiro atoms. The summed E-state index contributed by atoms with van der Waals surface area (Å²) in [7, 11) is 0. The molecular weight excluding hydrogens is 315 g/mol. The van der Waals surface area contributed by atoms with Crippen molar-refractivity contribution < 1.29 is 9.31 Å². The average molecular weight is 321 g/mol. The van der Waals surface area contributed by atoms with Gasteiger partial charge in [-0.15, -0.1) is 0 Å². The Morgan fingerprint density at radius 3 is 2.11 bits per heavy atom. The fourth-order valence-corrected chi connectivity index (χ4v) is 2.15. The number of hydrogen-bond acceptors (Lipinski definition) is 2. The number of benzene rings is 2. The molecule has 3 nitrogen and oxygen atoms in total. The highest BCUT2D eigenvalue weighted by Crippen LogP contribution is 2.36. The van der Waals surface area contributed by atoms with Gasteiger partial charge in [-0.05, 0) is 29.3 Å². The number of nitrogens with zero attached hydrogens (tertiary/aromatic N) is 1. The first-order valence-electron chi connectivity index (χ1n) is 4.99. The summed E-state index contributed by atoms with van der Waals surface area (Å²) in [6.07, 6.45) is 0. The Morgan fingerprint density at radius 1 is 1.00 bits per heavy atom. The van der Waals surface area contributed by atoms with Crippen molar-refractivity contribution in [3.05, 3.63) is 61.3 Å². The van der Waals surface area contributed by atoms with Crippen molar-refractivity contribution in [2.24, 2.45) is 0 Å². The maximum Gasteiger partial charge on any atom is 0.305 e. The average Bonchev–Trinajstić information content (AvgIpc) is 2.35. The zero-order valence-corrected chi connectivity index (χ0v) is 11.4. The van der Waals surface area contributed by atoms with Crippen LogP contribution in [0, 0.1) is 15.9 Å². The third-order valence-electron chi connectivity index (χ3n) is 2.46. The minimum absolute atomic E-state index is 0.198. The van der Waals surface area contributed by atoms with E-state index in [2.05, 4.69) is 0 Å². The van der Waals surface area contributed by atoms with E-state index in [0.717, 1.165) is 12.1 Å². The van der Waals surface area contributed by atoms with Gasteiger partial charge >= 0.3 is 5.69 Å². The van der Waals surface area contributed by atoms with Crippen molar-refractivity contribution in [1.82, 2.24) is 0 Å². The minimum atomic E-state index is -0.903. The number of halogens is 4.